The van der Waals surface area contributed by atoms with Gasteiger partial charge in [0.15, 0.2) is 11.5 Å². The number of rotatable bonds is 8. The smallest absolute Gasteiger partial charge is 0.161 e. The SMILES string of the molecule is CCCCOc1cc(/C=N\Nc2ccccn2)ccc1OC. The lowest BCUT2D eigenvalue weighted by Gasteiger charge is -2.10. The van der Waals surface area contributed by atoms with Crippen LogP contribution in [0, 0.1) is 0 Å². The van der Waals surface area contributed by atoms with Crippen LogP contribution in [-0.4, -0.2) is 24.9 Å². The first kappa shape index (κ1) is 15.8. The molecule has 0 saturated heterocycles. The van der Waals surface area contributed by atoms with Crippen LogP contribution in [0.15, 0.2) is 47.7 Å². The van der Waals surface area contributed by atoms with E-state index < -0.39 is 0 Å². The standard InChI is InChI=1S/C17H21N3O2/c1-3-4-11-22-16-12-14(8-9-15(16)21-2)13-19-20-17-7-5-6-10-18-17/h5-10,12-13H,3-4,11H2,1-2H3,(H,18,20)/b19-13-. The number of pyridine rings is 1. The van der Waals surface area contributed by atoms with Crippen molar-refractivity contribution < 1.29 is 9.47 Å². The number of aromatic nitrogens is 1. The summed E-state index contributed by atoms with van der Waals surface area (Å²) in [4.78, 5) is 4.14. The van der Waals surface area contributed by atoms with E-state index in [1.807, 2.05) is 36.4 Å². The lowest BCUT2D eigenvalue weighted by atomic mass is 10.2. The van der Waals surface area contributed by atoms with Crippen LogP contribution < -0.4 is 14.9 Å². The molecule has 1 aromatic carbocycles. The second kappa shape index (κ2) is 8.67. The zero-order valence-electron chi connectivity index (χ0n) is 13.0. The minimum Gasteiger partial charge on any atom is -0.493 e. The van der Waals surface area contributed by atoms with Gasteiger partial charge in [-0.3, -0.25) is 5.43 Å². The van der Waals surface area contributed by atoms with E-state index in [0.717, 1.165) is 29.9 Å². The van der Waals surface area contributed by atoms with Gasteiger partial charge in [0.1, 0.15) is 5.82 Å². The highest BCUT2D eigenvalue weighted by molar-refractivity contribution is 5.81. The molecule has 0 spiro atoms. The van der Waals surface area contributed by atoms with Crippen molar-refractivity contribution in [2.24, 2.45) is 5.10 Å². The van der Waals surface area contributed by atoms with Crippen molar-refractivity contribution in [1.29, 1.82) is 0 Å². The Bertz CT molecular complexity index is 600. The molecule has 0 aliphatic heterocycles. The molecule has 116 valence electrons. The Morgan fingerprint density at radius 3 is 2.86 bits per heavy atom. The fourth-order valence-corrected chi connectivity index (χ4v) is 1.81. The number of nitrogens with one attached hydrogen (secondary N) is 1. The van der Waals surface area contributed by atoms with E-state index in [-0.39, 0.29) is 0 Å². The Morgan fingerprint density at radius 2 is 2.14 bits per heavy atom. The quantitative estimate of drug-likeness (QED) is 0.458. The number of unbranched alkanes of at least 4 members (excludes halogenated alkanes) is 1. The van der Waals surface area contributed by atoms with Gasteiger partial charge < -0.3 is 9.47 Å². The molecular formula is C17H21N3O2. The maximum atomic E-state index is 5.75. The van der Waals surface area contributed by atoms with Crippen molar-refractivity contribution in [2.45, 2.75) is 19.8 Å². The average molecular weight is 299 g/mol. The van der Waals surface area contributed by atoms with Crippen molar-refractivity contribution in [1.82, 2.24) is 4.98 Å². The molecule has 22 heavy (non-hydrogen) atoms. The number of hydrogen-bond donors (Lipinski definition) is 1. The van der Waals surface area contributed by atoms with Crippen LogP contribution >= 0.6 is 0 Å². The Labute approximate surface area is 131 Å². The van der Waals surface area contributed by atoms with Crippen LogP contribution in [0.3, 0.4) is 0 Å². The predicted molar refractivity (Wildman–Crippen MR) is 88.9 cm³/mol. The van der Waals surface area contributed by atoms with Gasteiger partial charge in [-0.15, -0.1) is 0 Å². The van der Waals surface area contributed by atoms with E-state index in [4.69, 9.17) is 9.47 Å². The maximum Gasteiger partial charge on any atom is 0.161 e. The molecule has 0 aliphatic rings. The summed E-state index contributed by atoms with van der Waals surface area (Å²) in [6.45, 7) is 2.81. The number of hydrogen-bond acceptors (Lipinski definition) is 5. The second-order valence-electron chi connectivity index (χ2n) is 4.70. The number of ether oxygens (including phenoxy) is 2. The molecule has 1 aromatic heterocycles. The van der Waals surface area contributed by atoms with Gasteiger partial charge in [-0.1, -0.05) is 19.4 Å². The molecule has 0 amide bonds. The lowest BCUT2D eigenvalue weighted by molar-refractivity contribution is 0.288. The average Bonchev–Trinajstić information content (AvgIpc) is 2.56. The van der Waals surface area contributed by atoms with Crippen molar-refractivity contribution in [3.05, 3.63) is 48.2 Å². The molecule has 0 saturated carbocycles. The Balaban J connectivity index is 2.02. The third-order valence-electron chi connectivity index (χ3n) is 3.00. The van der Waals surface area contributed by atoms with Crippen molar-refractivity contribution >= 4 is 12.0 Å². The van der Waals surface area contributed by atoms with E-state index in [9.17, 15) is 0 Å². The van der Waals surface area contributed by atoms with E-state index in [2.05, 4.69) is 22.4 Å². The zero-order chi connectivity index (χ0) is 15.6. The molecule has 1 heterocycles. The summed E-state index contributed by atoms with van der Waals surface area (Å²) >= 11 is 0. The molecule has 1 N–H and O–H groups in total. The summed E-state index contributed by atoms with van der Waals surface area (Å²) < 4.78 is 11.1. The van der Waals surface area contributed by atoms with Crippen LogP contribution in [0.1, 0.15) is 25.3 Å². The first-order chi connectivity index (χ1) is 10.8. The first-order valence-electron chi connectivity index (χ1n) is 7.34. The van der Waals surface area contributed by atoms with Gasteiger partial charge >= 0.3 is 0 Å². The lowest BCUT2D eigenvalue weighted by Crippen LogP contribution is -2.00. The molecule has 0 aliphatic carbocycles. The van der Waals surface area contributed by atoms with E-state index in [0.29, 0.717) is 12.4 Å². The van der Waals surface area contributed by atoms with Crippen LogP contribution in [0.2, 0.25) is 0 Å². The van der Waals surface area contributed by atoms with Crippen LogP contribution in [0.25, 0.3) is 0 Å². The van der Waals surface area contributed by atoms with E-state index >= 15 is 0 Å². The van der Waals surface area contributed by atoms with Gasteiger partial charge in [-0.05, 0) is 42.3 Å². The Kier molecular flexibility index (Phi) is 6.23. The van der Waals surface area contributed by atoms with Crippen molar-refractivity contribution in [3.63, 3.8) is 0 Å². The Hall–Kier alpha value is -2.56. The van der Waals surface area contributed by atoms with Gasteiger partial charge in [-0.25, -0.2) is 4.98 Å². The van der Waals surface area contributed by atoms with E-state index in [1.165, 1.54) is 0 Å². The third kappa shape index (κ3) is 4.77. The summed E-state index contributed by atoms with van der Waals surface area (Å²) in [6.07, 6.45) is 5.55. The topological polar surface area (TPSA) is 55.7 Å². The molecule has 0 bridgehead atoms. The molecule has 2 aromatic rings. The van der Waals surface area contributed by atoms with Crippen molar-refractivity contribution in [3.8, 4) is 11.5 Å². The Morgan fingerprint density at radius 1 is 1.23 bits per heavy atom. The number of benzene rings is 1. The van der Waals surface area contributed by atoms with Crippen LogP contribution in [-0.2, 0) is 0 Å². The van der Waals surface area contributed by atoms with Crippen molar-refractivity contribution in [2.75, 3.05) is 19.1 Å². The minimum absolute atomic E-state index is 0.680. The van der Waals surface area contributed by atoms with Crippen LogP contribution in [0.5, 0.6) is 11.5 Å². The maximum absolute atomic E-state index is 5.75. The molecule has 5 nitrogen and oxygen atoms in total. The zero-order valence-corrected chi connectivity index (χ0v) is 13.0. The molecule has 0 unspecified atom stereocenters. The summed E-state index contributed by atoms with van der Waals surface area (Å²) in [5, 5.41) is 4.17. The summed E-state index contributed by atoms with van der Waals surface area (Å²) in [7, 11) is 1.64. The molecule has 2 rings (SSSR count). The number of hydrazone groups is 1. The van der Waals surface area contributed by atoms with Gasteiger partial charge in [0.05, 0.1) is 19.9 Å². The number of nitrogens with zero attached hydrogens (tertiary/aromatic N) is 2. The normalized spacial score (nSPS) is 10.6. The fraction of sp³-hybridized carbons (Fsp3) is 0.294. The van der Waals surface area contributed by atoms with Gasteiger partial charge in [0.25, 0.3) is 0 Å². The monoisotopic (exact) mass is 299 g/mol. The minimum atomic E-state index is 0.680. The first-order valence-corrected chi connectivity index (χ1v) is 7.34. The van der Waals surface area contributed by atoms with Gasteiger partial charge in [0, 0.05) is 6.20 Å². The number of methoxy groups -OCH3 is 1. The summed E-state index contributed by atoms with van der Waals surface area (Å²) in [5.41, 5.74) is 3.81. The van der Waals surface area contributed by atoms with Gasteiger partial charge in [0.2, 0.25) is 0 Å². The molecule has 0 atom stereocenters. The third-order valence-corrected chi connectivity index (χ3v) is 3.00. The van der Waals surface area contributed by atoms with Gasteiger partial charge in [-0.2, -0.15) is 5.10 Å². The van der Waals surface area contributed by atoms with Crippen LogP contribution in [0.4, 0.5) is 5.82 Å². The predicted octanol–water partition coefficient (Wildman–Crippen LogP) is 3.72. The molecule has 5 heteroatoms. The molecular weight excluding hydrogens is 278 g/mol. The highest BCUT2D eigenvalue weighted by atomic mass is 16.5. The summed E-state index contributed by atoms with van der Waals surface area (Å²) in [6, 6.07) is 11.3. The highest BCUT2D eigenvalue weighted by Crippen LogP contribution is 2.27. The number of anilines is 1. The fourth-order valence-electron chi connectivity index (χ4n) is 1.81. The second-order valence-corrected chi connectivity index (χ2v) is 4.70. The molecule has 0 fully saturated rings. The summed E-state index contributed by atoms with van der Waals surface area (Å²) in [5.74, 6) is 2.16. The van der Waals surface area contributed by atoms with E-state index in [1.54, 1.807) is 19.5 Å². The largest absolute Gasteiger partial charge is 0.493 e. The molecule has 0 radical (unpaired) electrons. The highest BCUT2D eigenvalue weighted by Gasteiger charge is 2.04.